The second kappa shape index (κ2) is 21.4. The standard InChI is InChI=1S/C24H46O3/c1-3-4-5-6-7-8-11-14-17-20-23(25)21-18-15-12-9-10-13-16-19-22-24(26)27-2/h3-22H2,1-2H3. The van der Waals surface area contributed by atoms with Crippen molar-refractivity contribution in [2.45, 2.75) is 135 Å². The minimum atomic E-state index is -0.0953. The summed E-state index contributed by atoms with van der Waals surface area (Å²) in [4.78, 5) is 22.9. The number of ketones is 1. The maximum atomic E-state index is 11.9. The molecule has 0 bridgehead atoms. The monoisotopic (exact) mass is 382 g/mol. The quantitative estimate of drug-likeness (QED) is 0.152. The summed E-state index contributed by atoms with van der Waals surface area (Å²) in [6.07, 6.45) is 23.2. The Balaban J connectivity index is 3.18. The molecule has 0 radical (unpaired) electrons. The average molecular weight is 383 g/mol. The molecular weight excluding hydrogens is 336 g/mol. The second-order valence-electron chi connectivity index (χ2n) is 8.02. The molecule has 0 unspecified atom stereocenters. The smallest absolute Gasteiger partial charge is 0.305 e. The van der Waals surface area contributed by atoms with E-state index in [-0.39, 0.29) is 5.97 Å². The fourth-order valence-corrected chi connectivity index (χ4v) is 3.51. The Kier molecular flexibility index (Phi) is 20.8. The van der Waals surface area contributed by atoms with Gasteiger partial charge in [-0.25, -0.2) is 0 Å². The number of carbonyl (C=O) groups is 2. The maximum absolute atomic E-state index is 11.9. The molecule has 3 heteroatoms. The highest BCUT2D eigenvalue weighted by Gasteiger charge is 2.02. The molecule has 0 spiro atoms. The number of rotatable bonds is 21. The van der Waals surface area contributed by atoms with Gasteiger partial charge in [-0.3, -0.25) is 9.59 Å². The van der Waals surface area contributed by atoms with Crippen LogP contribution in [-0.2, 0) is 14.3 Å². The number of methoxy groups -OCH3 is 1. The molecule has 3 nitrogen and oxygen atoms in total. The third-order valence-corrected chi connectivity index (χ3v) is 5.37. The van der Waals surface area contributed by atoms with E-state index in [1.807, 2.05) is 0 Å². The Morgan fingerprint density at radius 2 is 0.852 bits per heavy atom. The lowest BCUT2D eigenvalue weighted by Crippen LogP contribution is -1.99. The van der Waals surface area contributed by atoms with Crippen molar-refractivity contribution in [3.63, 3.8) is 0 Å². The number of unbranched alkanes of at least 4 members (excludes halogenated alkanes) is 15. The molecule has 0 N–H and O–H groups in total. The van der Waals surface area contributed by atoms with E-state index in [1.165, 1.54) is 90.6 Å². The molecule has 160 valence electrons. The van der Waals surface area contributed by atoms with Crippen LogP contribution in [0, 0.1) is 0 Å². The van der Waals surface area contributed by atoms with Gasteiger partial charge in [0.2, 0.25) is 0 Å². The van der Waals surface area contributed by atoms with Crippen LogP contribution >= 0.6 is 0 Å². The molecule has 27 heavy (non-hydrogen) atoms. The summed E-state index contributed by atoms with van der Waals surface area (Å²) in [5.74, 6) is 0.378. The molecule has 0 aliphatic rings. The number of ether oxygens (including phenoxy) is 1. The summed E-state index contributed by atoms with van der Waals surface area (Å²) < 4.78 is 4.63. The van der Waals surface area contributed by atoms with Gasteiger partial charge in [0.1, 0.15) is 5.78 Å². The third-order valence-electron chi connectivity index (χ3n) is 5.37. The van der Waals surface area contributed by atoms with E-state index in [2.05, 4.69) is 11.7 Å². The fourth-order valence-electron chi connectivity index (χ4n) is 3.51. The van der Waals surface area contributed by atoms with Gasteiger partial charge in [0.05, 0.1) is 7.11 Å². The number of carbonyl (C=O) groups excluding carboxylic acids is 2. The number of hydrogen-bond acceptors (Lipinski definition) is 3. The molecule has 0 fully saturated rings. The summed E-state index contributed by atoms with van der Waals surface area (Å²) in [5, 5.41) is 0. The molecule has 0 rings (SSSR count). The van der Waals surface area contributed by atoms with E-state index in [4.69, 9.17) is 0 Å². The Morgan fingerprint density at radius 1 is 0.519 bits per heavy atom. The van der Waals surface area contributed by atoms with Crippen LogP contribution in [0.25, 0.3) is 0 Å². The van der Waals surface area contributed by atoms with Crippen LogP contribution in [0.1, 0.15) is 135 Å². The molecule has 0 aromatic carbocycles. The predicted molar refractivity (Wildman–Crippen MR) is 115 cm³/mol. The molecule has 0 aromatic heterocycles. The normalized spacial score (nSPS) is 10.9. The molecule has 0 aliphatic heterocycles. The third kappa shape index (κ3) is 21.3. The van der Waals surface area contributed by atoms with Crippen LogP contribution in [-0.4, -0.2) is 18.9 Å². The van der Waals surface area contributed by atoms with Gasteiger partial charge in [0, 0.05) is 19.3 Å². The minimum absolute atomic E-state index is 0.0953. The molecule has 0 aliphatic carbocycles. The molecular formula is C24H46O3. The lowest BCUT2D eigenvalue weighted by molar-refractivity contribution is -0.140. The zero-order chi connectivity index (χ0) is 20.0. The summed E-state index contributed by atoms with van der Waals surface area (Å²) >= 11 is 0. The van der Waals surface area contributed by atoms with E-state index >= 15 is 0 Å². The number of Topliss-reactive ketones (excluding diaryl/α,β-unsaturated/α-hetero) is 1. The van der Waals surface area contributed by atoms with Gasteiger partial charge in [-0.1, -0.05) is 96.8 Å². The van der Waals surface area contributed by atoms with Gasteiger partial charge < -0.3 is 4.74 Å². The summed E-state index contributed by atoms with van der Waals surface area (Å²) in [5.41, 5.74) is 0. The van der Waals surface area contributed by atoms with Crippen molar-refractivity contribution in [2.24, 2.45) is 0 Å². The average Bonchev–Trinajstić information content (AvgIpc) is 2.67. The van der Waals surface area contributed by atoms with Gasteiger partial charge in [-0.05, 0) is 19.3 Å². The summed E-state index contributed by atoms with van der Waals surface area (Å²) in [7, 11) is 1.45. The van der Waals surface area contributed by atoms with E-state index in [1.54, 1.807) is 0 Å². The largest absolute Gasteiger partial charge is 0.469 e. The predicted octanol–water partition coefficient (Wildman–Crippen LogP) is 7.55. The fraction of sp³-hybridized carbons (Fsp3) is 0.917. The maximum Gasteiger partial charge on any atom is 0.305 e. The topological polar surface area (TPSA) is 43.4 Å². The molecule has 0 amide bonds. The zero-order valence-corrected chi connectivity index (χ0v) is 18.4. The van der Waals surface area contributed by atoms with Gasteiger partial charge >= 0.3 is 5.97 Å². The summed E-state index contributed by atoms with van der Waals surface area (Å²) in [6, 6.07) is 0. The van der Waals surface area contributed by atoms with E-state index in [0.717, 1.165) is 38.5 Å². The minimum Gasteiger partial charge on any atom is -0.469 e. The first-order valence-electron chi connectivity index (χ1n) is 11.8. The molecule has 0 atom stereocenters. The Bertz CT molecular complexity index is 339. The van der Waals surface area contributed by atoms with Crippen LogP contribution in [0.15, 0.2) is 0 Å². The van der Waals surface area contributed by atoms with Crippen molar-refractivity contribution in [2.75, 3.05) is 7.11 Å². The van der Waals surface area contributed by atoms with Gasteiger partial charge in [-0.15, -0.1) is 0 Å². The van der Waals surface area contributed by atoms with Crippen molar-refractivity contribution in [3.05, 3.63) is 0 Å². The SMILES string of the molecule is CCCCCCCCCCCC(=O)CCCCCCCCCCC(=O)OC. The first-order valence-corrected chi connectivity index (χ1v) is 11.8. The van der Waals surface area contributed by atoms with Crippen LogP contribution in [0.3, 0.4) is 0 Å². The highest BCUT2D eigenvalue weighted by Crippen LogP contribution is 2.13. The molecule has 0 heterocycles. The summed E-state index contributed by atoms with van der Waals surface area (Å²) in [6.45, 7) is 2.26. The number of esters is 1. The van der Waals surface area contributed by atoms with Gasteiger partial charge in [-0.2, -0.15) is 0 Å². The van der Waals surface area contributed by atoms with E-state index < -0.39 is 0 Å². The van der Waals surface area contributed by atoms with E-state index in [0.29, 0.717) is 12.2 Å². The van der Waals surface area contributed by atoms with Gasteiger partial charge in [0.15, 0.2) is 0 Å². The number of hydrogen-bond donors (Lipinski definition) is 0. The molecule has 0 saturated heterocycles. The van der Waals surface area contributed by atoms with E-state index in [9.17, 15) is 9.59 Å². The van der Waals surface area contributed by atoms with Crippen molar-refractivity contribution < 1.29 is 14.3 Å². The second-order valence-corrected chi connectivity index (χ2v) is 8.02. The van der Waals surface area contributed by atoms with Crippen LogP contribution in [0.4, 0.5) is 0 Å². The first-order chi connectivity index (χ1) is 13.2. The van der Waals surface area contributed by atoms with Crippen molar-refractivity contribution in [1.29, 1.82) is 0 Å². The van der Waals surface area contributed by atoms with Crippen LogP contribution < -0.4 is 0 Å². The Morgan fingerprint density at radius 3 is 1.22 bits per heavy atom. The van der Waals surface area contributed by atoms with Crippen molar-refractivity contribution in [1.82, 2.24) is 0 Å². The van der Waals surface area contributed by atoms with Crippen LogP contribution in [0.2, 0.25) is 0 Å². The highest BCUT2D eigenvalue weighted by molar-refractivity contribution is 5.78. The highest BCUT2D eigenvalue weighted by atomic mass is 16.5. The zero-order valence-electron chi connectivity index (χ0n) is 18.4. The lowest BCUT2D eigenvalue weighted by atomic mass is 10.0. The molecule has 0 saturated carbocycles. The first kappa shape index (κ1) is 26.1. The van der Waals surface area contributed by atoms with Crippen LogP contribution in [0.5, 0.6) is 0 Å². The Labute approximate surface area is 169 Å². The Hall–Kier alpha value is -0.860. The van der Waals surface area contributed by atoms with Gasteiger partial charge in [0.25, 0.3) is 0 Å². The van der Waals surface area contributed by atoms with Crippen molar-refractivity contribution in [3.8, 4) is 0 Å². The van der Waals surface area contributed by atoms with Crippen molar-refractivity contribution >= 4 is 11.8 Å². The molecule has 0 aromatic rings. The lowest BCUT2D eigenvalue weighted by Gasteiger charge is -2.04.